The third kappa shape index (κ3) is 3.23. The van der Waals surface area contributed by atoms with Crippen LogP contribution in [0.25, 0.3) is 0 Å². The molecule has 0 radical (unpaired) electrons. The van der Waals surface area contributed by atoms with Crippen LogP contribution >= 0.6 is 0 Å². The first-order valence-corrected chi connectivity index (χ1v) is 11.7. The second-order valence-electron chi connectivity index (χ2n) is 11.5. The topological polar surface area (TPSA) is 77.8 Å². The average Bonchev–Trinajstić information content (AvgIpc) is 2.97. The first-order chi connectivity index (χ1) is 13.1. The zero-order valence-corrected chi connectivity index (χ0v) is 18.0. The number of aliphatic hydroxyl groups is 2. The summed E-state index contributed by atoms with van der Waals surface area (Å²) in [6, 6.07) is 0. The van der Waals surface area contributed by atoms with E-state index in [4.69, 9.17) is 5.11 Å². The molecule has 8 atom stereocenters. The summed E-state index contributed by atoms with van der Waals surface area (Å²) in [5.41, 5.74) is 0.640. The highest BCUT2D eigenvalue weighted by Gasteiger charge is 2.61. The monoisotopic (exact) mass is 392 g/mol. The van der Waals surface area contributed by atoms with Gasteiger partial charge in [-0.15, -0.1) is 0 Å². The highest BCUT2D eigenvalue weighted by molar-refractivity contribution is 5.66. The Morgan fingerprint density at radius 1 is 0.964 bits per heavy atom. The fourth-order valence-corrected chi connectivity index (χ4v) is 8.75. The number of aliphatic carboxylic acids is 1. The molecule has 0 bridgehead atoms. The summed E-state index contributed by atoms with van der Waals surface area (Å²) in [6.45, 7) is 7.26. The molecule has 0 spiro atoms. The molecule has 1 unspecified atom stereocenters. The van der Waals surface area contributed by atoms with E-state index in [1.54, 1.807) is 0 Å². The molecule has 4 heteroatoms. The fourth-order valence-electron chi connectivity index (χ4n) is 8.75. The van der Waals surface area contributed by atoms with Crippen LogP contribution in [0.15, 0.2) is 0 Å². The molecule has 0 aliphatic heterocycles. The second-order valence-corrected chi connectivity index (χ2v) is 11.5. The van der Waals surface area contributed by atoms with Gasteiger partial charge in [-0.25, -0.2) is 0 Å². The molecule has 0 aromatic carbocycles. The van der Waals surface area contributed by atoms with Crippen molar-refractivity contribution in [2.75, 3.05) is 0 Å². The van der Waals surface area contributed by atoms with Crippen molar-refractivity contribution < 1.29 is 20.1 Å². The van der Waals surface area contributed by atoms with Gasteiger partial charge in [0.15, 0.2) is 5.79 Å². The Hall–Kier alpha value is -0.610. The molecular formula is C24H40O4. The minimum atomic E-state index is -1.45. The van der Waals surface area contributed by atoms with Gasteiger partial charge in [0.25, 0.3) is 0 Å². The Morgan fingerprint density at radius 2 is 1.68 bits per heavy atom. The van der Waals surface area contributed by atoms with Crippen LogP contribution < -0.4 is 0 Å². The summed E-state index contributed by atoms with van der Waals surface area (Å²) >= 11 is 0. The third-order valence-electron chi connectivity index (χ3n) is 10.3. The van der Waals surface area contributed by atoms with E-state index in [1.807, 2.05) is 0 Å². The van der Waals surface area contributed by atoms with Gasteiger partial charge in [-0.05, 0) is 97.7 Å². The van der Waals surface area contributed by atoms with Crippen LogP contribution in [0, 0.1) is 46.3 Å². The number of fused-ring (bicyclic) bond motifs is 5. The third-order valence-corrected chi connectivity index (χ3v) is 10.3. The van der Waals surface area contributed by atoms with Crippen LogP contribution in [0.3, 0.4) is 0 Å². The fraction of sp³-hybridized carbons (Fsp3) is 0.958. The Balaban J connectivity index is 1.51. The number of carboxylic acid groups (broad SMARTS) is 1. The molecule has 0 aromatic rings. The van der Waals surface area contributed by atoms with Crippen molar-refractivity contribution in [2.24, 2.45) is 46.3 Å². The molecule has 0 amide bonds. The minimum Gasteiger partial charge on any atom is -0.481 e. The molecule has 4 fully saturated rings. The van der Waals surface area contributed by atoms with Crippen LogP contribution in [0.4, 0.5) is 0 Å². The summed E-state index contributed by atoms with van der Waals surface area (Å²) in [4.78, 5) is 11.0. The number of hydrogen-bond donors (Lipinski definition) is 3. The second kappa shape index (κ2) is 6.97. The van der Waals surface area contributed by atoms with E-state index in [9.17, 15) is 15.0 Å². The lowest BCUT2D eigenvalue weighted by atomic mass is 9.44. The molecule has 28 heavy (non-hydrogen) atoms. The van der Waals surface area contributed by atoms with Crippen LogP contribution in [-0.2, 0) is 4.79 Å². The van der Waals surface area contributed by atoms with Crippen molar-refractivity contribution in [3.05, 3.63) is 0 Å². The number of hydrogen-bond acceptors (Lipinski definition) is 3. The highest BCUT2D eigenvalue weighted by atomic mass is 16.5. The van der Waals surface area contributed by atoms with E-state index in [0.29, 0.717) is 42.4 Å². The Labute approximate surface area is 170 Å². The molecular weight excluding hydrogens is 352 g/mol. The molecule has 4 aliphatic rings. The van der Waals surface area contributed by atoms with Gasteiger partial charge >= 0.3 is 5.97 Å². The maximum atomic E-state index is 11.0. The van der Waals surface area contributed by atoms with Crippen molar-refractivity contribution in [1.82, 2.24) is 0 Å². The van der Waals surface area contributed by atoms with Gasteiger partial charge in [0, 0.05) is 19.3 Å². The van der Waals surface area contributed by atoms with E-state index < -0.39 is 11.8 Å². The molecule has 0 saturated heterocycles. The van der Waals surface area contributed by atoms with Gasteiger partial charge in [-0.1, -0.05) is 20.8 Å². The van der Waals surface area contributed by atoms with Gasteiger partial charge in [-0.3, -0.25) is 4.79 Å². The van der Waals surface area contributed by atoms with Crippen LogP contribution in [-0.4, -0.2) is 27.1 Å². The smallest absolute Gasteiger partial charge is 0.303 e. The van der Waals surface area contributed by atoms with Gasteiger partial charge in [0.1, 0.15) is 0 Å². The standard InChI is InChI=1S/C24H40O4/c1-15(4-9-21(25)26)18-7-8-19-17-6-5-16-14-24(27,28)13-12-22(16,2)20(17)10-11-23(18,19)3/h15-20,27-28H,4-14H2,1-3H3,(H,25,26)/t15-,16?,17+,18-,19+,20+,22+,23-/m1/s1. The molecule has 0 aromatic heterocycles. The Bertz CT molecular complexity index is 616. The average molecular weight is 393 g/mol. The zero-order chi connectivity index (χ0) is 20.3. The van der Waals surface area contributed by atoms with Gasteiger partial charge in [0.2, 0.25) is 0 Å². The lowest BCUT2D eigenvalue weighted by Crippen LogP contribution is -2.56. The van der Waals surface area contributed by atoms with Crippen molar-refractivity contribution in [3.8, 4) is 0 Å². The van der Waals surface area contributed by atoms with Crippen molar-refractivity contribution in [2.45, 2.75) is 97.2 Å². The Morgan fingerprint density at radius 3 is 2.39 bits per heavy atom. The van der Waals surface area contributed by atoms with Gasteiger partial charge in [0.05, 0.1) is 0 Å². The lowest BCUT2D eigenvalue weighted by Gasteiger charge is -2.61. The summed E-state index contributed by atoms with van der Waals surface area (Å²) in [7, 11) is 0. The molecule has 4 aliphatic carbocycles. The molecule has 160 valence electrons. The summed E-state index contributed by atoms with van der Waals surface area (Å²) in [5.74, 6) is 1.78. The SMILES string of the molecule is C[C@H](CCC(=O)O)[C@H]1CC[C@H]2[C@@H]3CCC4CC(O)(O)CC[C@]4(C)[C@H]3CC[C@]12C. The van der Waals surface area contributed by atoms with E-state index in [-0.39, 0.29) is 5.41 Å². The molecule has 4 saturated carbocycles. The lowest BCUT2D eigenvalue weighted by molar-refractivity contribution is -0.233. The molecule has 4 rings (SSSR count). The maximum Gasteiger partial charge on any atom is 0.303 e. The Kier molecular flexibility index (Phi) is 5.14. The number of rotatable bonds is 4. The van der Waals surface area contributed by atoms with Gasteiger partial charge < -0.3 is 15.3 Å². The van der Waals surface area contributed by atoms with E-state index >= 15 is 0 Å². The zero-order valence-electron chi connectivity index (χ0n) is 18.0. The normalized spacial score (nSPS) is 48.2. The molecule has 3 N–H and O–H groups in total. The predicted octanol–water partition coefficient (Wildman–Crippen LogP) is 4.83. The minimum absolute atomic E-state index is 0.270. The van der Waals surface area contributed by atoms with Crippen molar-refractivity contribution in [3.63, 3.8) is 0 Å². The van der Waals surface area contributed by atoms with Crippen molar-refractivity contribution >= 4 is 5.97 Å². The van der Waals surface area contributed by atoms with Crippen LogP contribution in [0.5, 0.6) is 0 Å². The predicted molar refractivity (Wildman–Crippen MR) is 108 cm³/mol. The number of carbonyl (C=O) groups is 1. The first-order valence-electron chi connectivity index (χ1n) is 11.7. The largest absolute Gasteiger partial charge is 0.481 e. The highest BCUT2D eigenvalue weighted by Crippen LogP contribution is 2.68. The maximum absolute atomic E-state index is 11.0. The first kappa shape index (κ1) is 20.7. The summed E-state index contributed by atoms with van der Waals surface area (Å²) in [5, 5.41) is 29.5. The molecule has 4 nitrogen and oxygen atoms in total. The summed E-state index contributed by atoms with van der Waals surface area (Å²) in [6.07, 6.45) is 10.7. The van der Waals surface area contributed by atoms with E-state index in [1.165, 1.54) is 32.1 Å². The van der Waals surface area contributed by atoms with Crippen molar-refractivity contribution in [1.29, 1.82) is 0 Å². The summed E-state index contributed by atoms with van der Waals surface area (Å²) < 4.78 is 0. The van der Waals surface area contributed by atoms with Gasteiger partial charge in [-0.2, -0.15) is 0 Å². The quantitative estimate of drug-likeness (QED) is 0.599. The van der Waals surface area contributed by atoms with Crippen LogP contribution in [0.1, 0.15) is 91.4 Å². The van der Waals surface area contributed by atoms with E-state index in [0.717, 1.165) is 37.0 Å². The number of carboxylic acids is 1. The van der Waals surface area contributed by atoms with E-state index in [2.05, 4.69) is 20.8 Å². The molecule has 0 heterocycles. The van der Waals surface area contributed by atoms with Crippen LogP contribution in [0.2, 0.25) is 0 Å².